The maximum Gasteiger partial charge on any atom is 0.148 e. The van der Waals surface area contributed by atoms with Gasteiger partial charge in [0, 0.05) is 16.3 Å². The molecule has 2 aromatic carbocycles. The quantitative estimate of drug-likeness (QED) is 0.178. The largest absolute Gasteiger partial charge is 0.481 e. The molecule has 0 amide bonds. The zero-order valence-corrected chi connectivity index (χ0v) is 28.2. The van der Waals surface area contributed by atoms with Gasteiger partial charge in [-0.3, -0.25) is 0 Å². The van der Waals surface area contributed by atoms with Gasteiger partial charge < -0.3 is 9.30 Å². The van der Waals surface area contributed by atoms with Crippen molar-refractivity contribution in [3.63, 3.8) is 0 Å². The Kier molecular flexibility index (Phi) is 9.64. The zero-order chi connectivity index (χ0) is 29.2. The Bertz CT molecular complexity index is 1290. The van der Waals surface area contributed by atoms with Crippen LogP contribution in [0.3, 0.4) is 0 Å². The lowest BCUT2D eigenvalue weighted by atomic mass is 9.77. The van der Waals surface area contributed by atoms with Crippen LogP contribution in [0.2, 0.25) is 16.6 Å². The summed E-state index contributed by atoms with van der Waals surface area (Å²) >= 11 is 0. The summed E-state index contributed by atoms with van der Waals surface area (Å²) in [6, 6.07) is 16.7. The van der Waals surface area contributed by atoms with Crippen LogP contribution in [-0.2, 0) is 4.57 Å². The SMILES string of the molecule is CC1CCC(C(C)C)C(P2(=O)C(c3ccccc3)=Cc3cc(OCC#C[Si](C(C)C)(C(C)C)C(C)C)ccc32)C1. The molecule has 0 saturated heterocycles. The summed E-state index contributed by atoms with van der Waals surface area (Å²) in [5.74, 6) is 5.84. The molecule has 1 heterocycles. The van der Waals surface area contributed by atoms with E-state index in [1.54, 1.807) is 0 Å². The smallest absolute Gasteiger partial charge is 0.148 e. The third-order valence-corrected chi connectivity index (χ3v) is 20.1. The molecular weight excluding hydrogens is 523 g/mol. The molecular formula is C36H51O2PSi. The van der Waals surface area contributed by atoms with Crippen molar-refractivity contribution in [2.45, 2.75) is 104 Å². The number of fused-ring (bicyclic) bond motifs is 1. The molecule has 40 heavy (non-hydrogen) atoms. The van der Waals surface area contributed by atoms with Crippen LogP contribution in [0.15, 0.2) is 48.5 Å². The van der Waals surface area contributed by atoms with Gasteiger partial charge in [-0.2, -0.15) is 0 Å². The van der Waals surface area contributed by atoms with Gasteiger partial charge in [0.25, 0.3) is 0 Å². The average Bonchev–Trinajstić information content (AvgIpc) is 3.21. The highest BCUT2D eigenvalue weighted by molar-refractivity contribution is 7.82. The van der Waals surface area contributed by atoms with E-state index >= 15 is 4.57 Å². The highest BCUT2D eigenvalue weighted by Crippen LogP contribution is 2.70. The Morgan fingerprint density at radius 2 is 1.57 bits per heavy atom. The second-order valence-electron chi connectivity index (χ2n) is 13.7. The monoisotopic (exact) mass is 574 g/mol. The summed E-state index contributed by atoms with van der Waals surface area (Å²) in [5, 5.41) is 2.06. The van der Waals surface area contributed by atoms with Crippen LogP contribution in [0.25, 0.3) is 11.4 Å². The number of benzene rings is 2. The summed E-state index contributed by atoms with van der Waals surface area (Å²) < 4.78 is 21.8. The summed E-state index contributed by atoms with van der Waals surface area (Å²) in [7, 11) is -4.62. The molecule has 4 unspecified atom stereocenters. The molecule has 2 nitrogen and oxygen atoms in total. The van der Waals surface area contributed by atoms with Gasteiger partial charge >= 0.3 is 0 Å². The van der Waals surface area contributed by atoms with Crippen molar-refractivity contribution in [1.29, 1.82) is 0 Å². The minimum Gasteiger partial charge on any atom is -0.481 e. The minimum atomic E-state index is -2.84. The molecule has 0 N–H and O–H groups in total. The molecule has 0 bridgehead atoms. The number of hydrogen-bond donors (Lipinski definition) is 0. The van der Waals surface area contributed by atoms with Crippen molar-refractivity contribution in [2.75, 3.05) is 6.61 Å². The first kappa shape index (κ1) is 30.9. The summed E-state index contributed by atoms with van der Waals surface area (Å²) in [6.45, 7) is 21.4. The van der Waals surface area contributed by atoms with Crippen molar-refractivity contribution in [2.24, 2.45) is 17.8 Å². The van der Waals surface area contributed by atoms with E-state index in [-0.39, 0.29) is 5.66 Å². The van der Waals surface area contributed by atoms with Gasteiger partial charge in [-0.25, -0.2) is 0 Å². The lowest BCUT2D eigenvalue weighted by Crippen LogP contribution is -2.43. The van der Waals surface area contributed by atoms with E-state index in [1.807, 2.05) is 12.1 Å². The third kappa shape index (κ3) is 5.69. The molecule has 2 aliphatic rings. The second kappa shape index (κ2) is 12.5. The van der Waals surface area contributed by atoms with Crippen LogP contribution in [0, 0.1) is 29.2 Å². The van der Waals surface area contributed by atoms with Crippen LogP contribution < -0.4 is 10.0 Å². The molecule has 1 aliphatic carbocycles. The number of ether oxygens (including phenoxy) is 1. The normalized spacial score (nSPS) is 24.7. The van der Waals surface area contributed by atoms with E-state index in [1.165, 1.54) is 12.8 Å². The van der Waals surface area contributed by atoms with Crippen LogP contribution in [-0.4, -0.2) is 20.3 Å². The molecule has 4 rings (SSSR count). The molecule has 1 fully saturated rings. The fourth-order valence-corrected chi connectivity index (χ4v) is 17.5. The fraction of sp³-hybridized carbons (Fsp3) is 0.556. The molecule has 1 aliphatic heterocycles. The Morgan fingerprint density at radius 1 is 0.925 bits per heavy atom. The first-order chi connectivity index (χ1) is 18.9. The topological polar surface area (TPSA) is 26.3 Å². The molecule has 4 heteroatoms. The Labute approximate surface area is 245 Å². The van der Waals surface area contributed by atoms with Crippen molar-refractivity contribution in [3.8, 4) is 17.2 Å². The van der Waals surface area contributed by atoms with E-state index in [0.29, 0.717) is 41.0 Å². The summed E-state index contributed by atoms with van der Waals surface area (Å²) in [6.07, 6.45) is 5.64. The van der Waals surface area contributed by atoms with Gasteiger partial charge in [0.2, 0.25) is 0 Å². The highest BCUT2D eigenvalue weighted by Gasteiger charge is 2.49. The Balaban J connectivity index is 1.69. The van der Waals surface area contributed by atoms with Gasteiger partial charge in [-0.15, -0.1) is 5.54 Å². The minimum absolute atomic E-state index is 0.183. The predicted octanol–water partition coefficient (Wildman–Crippen LogP) is 10.2. The van der Waals surface area contributed by atoms with Crippen LogP contribution in [0.1, 0.15) is 92.7 Å². The second-order valence-corrected chi connectivity index (χ2v) is 22.2. The number of rotatable bonds is 8. The fourth-order valence-electron chi connectivity index (χ4n) is 7.97. The van der Waals surface area contributed by atoms with Crippen LogP contribution >= 0.6 is 7.14 Å². The summed E-state index contributed by atoms with van der Waals surface area (Å²) in [5.41, 5.74) is 7.91. The van der Waals surface area contributed by atoms with E-state index in [9.17, 15) is 0 Å². The third-order valence-electron chi connectivity index (χ3n) is 10.0. The predicted molar refractivity (Wildman–Crippen MR) is 177 cm³/mol. The zero-order valence-electron chi connectivity index (χ0n) is 26.3. The van der Waals surface area contributed by atoms with Crippen molar-refractivity contribution in [3.05, 3.63) is 59.7 Å². The first-order valence-electron chi connectivity index (χ1n) is 15.6. The van der Waals surface area contributed by atoms with E-state index in [4.69, 9.17) is 4.74 Å². The lowest BCUT2D eigenvalue weighted by molar-refractivity contribution is 0.238. The molecule has 0 radical (unpaired) electrons. The van der Waals surface area contributed by atoms with Gasteiger partial charge in [0.1, 0.15) is 27.6 Å². The first-order valence-corrected chi connectivity index (χ1v) is 19.6. The molecule has 1 saturated carbocycles. The molecule has 0 spiro atoms. The Morgan fingerprint density at radius 3 is 2.17 bits per heavy atom. The van der Waals surface area contributed by atoms with Gasteiger partial charge in [0.15, 0.2) is 0 Å². The summed E-state index contributed by atoms with van der Waals surface area (Å²) in [4.78, 5) is 0. The average molecular weight is 575 g/mol. The van der Waals surface area contributed by atoms with Crippen molar-refractivity contribution in [1.82, 2.24) is 0 Å². The maximum atomic E-state index is 15.5. The van der Waals surface area contributed by atoms with E-state index < -0.39 is 15.2 Å². The number of hydrogen-bond acceptors (Lipinski definition) is 2. The maximum absolute atomic E-state index is 15.5. The van der Waals surface area contributed by atoms with Gasteiger partial charge in [-0.1, -0.05) is 105 Å². The highest BCUT2D eigenvalue weighted by atomic mass is 31.2. The Hall–Kier alpha value is -2.01. The van der Waals surface area contributed by atoms with E-state index in [0.717, 1.165) is 33.9 Å². The molecule has 2 aromatic rings. The van der Waals surface area contributed by atoms with Crippen LogP contribution in [0.4, 0.5) is 0 Å². The molecule has 0 aromatic heterocycles. The molecule has 216 valence electrons. The standard InChI is InChI=1S/C36H51O2PSi/c1-25(2)33-18-16-29(9)22-36(33)39(37)34-19-17-32(23-31(34)24-35(39)30-14-11-10-12-15-30)38-20-13-21-40(26(3)4,27(5)6)28(7)8/h10-12,14-15,17,19,23-29,33,36H,16,18,20,22H2,1-9H3. The van der Waals surface area contributed by atoms with E-state index in [2.05, 4.69) is 116 Å². The van der Waals surface area contributed by atoms with Gasteiger partial charge in [0.05, 0.1) is 0 Å². The van der Waals surface area contributed by atoms with Crippen molar-refractivity contribution < 1.29 is 9.30 Å². The lowest BCUT2D eigenvalue weighted by Gasteiger charge is -2.41. The van der Waals surface area contributed by atoms with Crippen molar-refractivity contribution >= 4 is 31.9 Å². The van der Waals surface area contributed by atoms with Crippen LogP contribution in [0.5, 0.6) is 5.75 Å². The van der Waals surface area contributed by atoms with Gasteiger partial charge in [-0.05, 0) is 82.6 Å². The molecule has 4 atom stereocenters.